The van der Waals surface area contributed by atoms with E-state index < -0.39 is 15.8 Å². The molecule has 2 rings (SSSR count). The van der Waals surface area contributed by atoms with Gasteiger partial charge in [-0.25, -0.2) is 18.2 Å². The minimum atomic E-state index is -2.91. The van der Waals surface area contributed by atoms with Gasteiger partial charge in [-0.3, -0.25) is 0 Å². The van der Waals surface area contributed by atoms with Crippen molar-refractivity contribution in [2.75, 3.05) is 23.4 Å². The summed E-state index contributed by atoms with van der Waals surface area (Å²) >= 11 is 0. The van der Waals surface area contributed by atoms with Crippen molar-refractivity contribution in [3.63, 3.8) is 0 Å². The fraction of sp³-hybridized carbons (Fsp3) is 0.500. The van der Waals surface area contributed by atoms with E-state index in [0.29, 0.717) is 24.4 Å². The molecule has 1 atom stereocenters. The third-order valence-electron chi connectivity index (χ3n) is 2.86. The smallest absolute Gasteiger partial charge is 0.339 e. The number of pyridine rings is 1. The van der Waals surface area contributed by atoms with Crippen molar-refractivity contribution >= 4 is 21.6 Å². The first-order valence-electron chi connectivity index (χ1n) is 6.10. The van der Waals surface area contributed by atoms with Crippen LogP contribution >= 0.6 is 0 Å². The van der Waals surface area contributed by atoms with E-state index in [9.17, 15) is 13.2 Å². The summed E-state index contributed by atoms with van der Waals surface area (Å²) in [4.78, 5) is 15.5. The van der Waals surface area contributed by atoms with Crippen LogP contribution in [0.3, 0.4) is 0 Å². The number of hydrogen-bond donors (Lipinski definition) is 1. The zero-order valence-corrected chi connectivity index (χ0v) is 11.4. The van der Waals surface area contributed by atoms with E-state index in [1.165, 1.54) is 6.20 Å². The van der Waals surface area contributed by atoms with Crippen molar-refractivity contribution in [3.05, 3.63) is 23.9 Å². The Morgan fingerprint density at radius 2 is 2.32 bits per heavy atom. The van der Waals surface area contributed by atoms with Crippen molar-refractivity contribution < 1.29 is 17.9 Å². The molecule has 0 bridgehead atoms. The van der Waals surface area contributed by atoms with Crippen LogP contribution in [0.4, 0.5) is 5.82 Å². The van der Waals surface area contributed by atoms with Gasteiger partial charge in [0.05, 0.1) is 23.7 Å². The molecule has 1 aliphatic heterocycles. The molecule has 1 aromatic heterocycles. The highest BCUT2D eigenvalue weighted by Crippen LogP contribution is 2.16. The maximum atomic E-state index is 11.4. The molecule has 0 amide bonds. The SMILES string of the molecule is CCOC(=O)c1ccc(NC2CCS(=O)(=O)C2)nc1. The van der Waals surface area contributed by atoms with Crippen molar-refractivity contribution in [2.24, 2.45) is 0 Å². The Kier molecular flexibility index (Phi) is 4.04. The molecule has 1 aromatic rings. The number of sulfone groups is 1. The quantitative estimate of drug-likeness (QED) is 0.825. The molecule has 1 aliphatic rings. The van der Waals surface area contributed by atoms with E-state index in [1.54, 1.807) is 19.1 Å². The molecule has 0 aliphatic carbocycles. The van der Waals surface area contributed by atoms with Gasteiger partial charge >= 0.3 is 5.97 Å². The molecule has 1 unspecified atom stereocenters. The summed E-state index contributed by atoms with van der Waals surface area (Å²) in [6.07, 6.45) is 2.01. The number of carbonyl (C=O) groups is 1. The maximum absolute atomic E-state index is 11.4. The second-order valence-corrected chi connectivity index (χ2v) is 6.63. The maximum Gasteiger partial charge on any atom is 0.339 e. The first-order valence-corrected chi connectivity index (χ1v) is 7.92. The lowest BCUT2D eigenvalue weighted by Gasteiger charge is -2.11. The standard InChI is InChI=1S/C12H16N2O4S/c1-2-18-12(15)9-3-4-11(13-7-9)14-10-5-6-19(16,17)8-10/h3-4,7,10H,2,5-6,8H2,1H3,(H,13,14). The molecule has 19 heavy (non-hydrogen) atoms. The lowest BCUT2D eigenvalue weighted by atomic mass is 10.2. The minimum absolute atomic E-state index is 0.106. The number of aromatic nitrogens is 1. The highest BCUT2D eigenvalue weighted by atomic mass is 32.2. The zero-order chi connectivity index (χ0) is 13.9. The van der Waals surface area contributed by atoms with Gasteiger partial charge in [0.2, 0.25) is 0 Å². The van der Waals surface area contributed by atoms with Crippen LogP contribution < -0.4 is 5.32 Å². The van der Waals surface area contributed by atoms with E-state index in [0.717, 1.165) is 0 Å². The number of nitrogens with one attached hydrogen (secondary N) is 1. The Hall–Kier alpha value is -1.63. The number of esters is 1. The van der Waals surface area contributed by atoms with E-state index in [-0.39, 0.29) is 17.5 Å². The highest BCUT2D eigenvalue weighted by molar-refractivity contribution is 7.91. The van der Waals surface area contributed by atoms with Crippen LogP contribution in [0.5, 0.6) is 0 Å². The van der Waals surface area contributed by atoms with Crippen LogP contribution in [0.25, 0.3) is 0 Å². The van der Waals surface area contributed by atoms with Crippen LogP contribution in [-0.2, 0) is 14.6 Å². The predicted octanol–water partition coefficient (Wildman–Crippen LogP) is 0.857. The topological polar surface area (TPSA) is 85.4 Å². The molecule has 6 nitrogen and oxygen atoms in total. The van der Waals surface area contributed by atoms with Gasteiger partial charge in [0.15, 0.2) is 9.84 Å². The third-order valence-corrected chi connectivity index (χ3v) is 4.63. The number of nitrogens with zero attached hydrogens (tertiary/aromatic N) is 1. The second-order valence-electron chi connectivity index (χ2n) is 4.40. The molecule has 0 spiro atoms. The first kappa shape index (κ1) is 13.8. The van der Waals surface area contributed by atoms with Gasteiger partial charge in [0.25, 0.3) is 0 Å². The van der Waals surface area contributed by atoms with Crippen LogP contribution in [0.1, 0.15) is 23.7 Å². The van der Waals surface area contributed by atoms with Gasteiger partial charge in [-0.15, -0.1) is 0 Å². The van der Waals surface area contributed by atoms with Crippen molar-refractivity contribution in [1.82, 2.24) is 4.98 Å². The first-order chi connectivity index (χ1) is 9.00. The van der Waals surface area contributed by atoms with Crippen LogP contribution in [0.15, 0.2) is 18.3 Å². The highest BCUT2D eigenvalue weighted by Gasteiger charge is 2.27. The van der Waals surface area contributed by atoms with Crippen LogP contribution in [0.2, 0.25) is 0 Å². The second kappa shape index (κ2) is 5.56. The van der Waals surface area contributed by atoms with Crippen LogP contribution in [-0.4, -0.2) is 43.5 Å². The van der Waals surface area contributed by atoms with E-state index in [1.807, 2.05) is 0 Å². The molecule has 104 valence electrons. The Morgan fingerprint density at radius 1 is 1.53 bits per heavy atom. The Balaban J connectivity index is 1.98. The van der Waals surface area contributed by atoms with Gasteiger partial charge in [-0.05, 0) is 25.5 Å². The summed E-state index contributed by atoms with van der Waals surface area (Å²) in [6.45, 7) is 2.06. The Labute approximate surface area is 112 Å². The third kappa shape index (κ3) is 3.66. The van der Waals surface area contributed by atoms with Crippen molar-refractivity contribution in [3.8, 4) is 0 Å². The molecular formula is C12H16N2O4S. The Morgan fingerprint density at radius 3 is 2.84 bits per heavy atom. The number of ether oxygens (including phenoxy) is 1. The van der Waals surface area contributed by atoms with Gasteiger partial charge in [0, 0.05) is 12.2 Å². The molecule has 1 fully saturated rings. The van der Waals surface area contributed by atoms with Crippen molar-refractivity contribution in [1.29, 1.82) is 0 Å². The van der Waals surface area contributed by atoms with Gasteiger partial charge in [-0.1, -0.05) is 0 Å². The summed E-state index contributed by atoms with van der Waals surface area (Å²) in [5, 5.41) is 3.05. The molecule has 1 saturated heterocycles. The normalized spacial score (nSPS) is 21.0. The Bertz CT molecular complexity index is 554. The number of carbonyl (C=O) groups excluding carboxylic acids is 1. The molecular weight excluding hydrogens is 268 g/mol. The van der Waals surface area contributed by atoms with Gasteiger partial charge in [0.1, 0.15) is 5.82 Å². The van der Waals surface area contributed by atoms with E-state index >= 15 is 0 Å². The summed E-state index contributed by atoms with van der Waals surface area (Å²) in [7, 11) is -2.91. The fourth-order valence-corrected chi connectivity index (χ4v) is 3.61. The largest absolute Gasteiger partial charge is 0.462 e. The number of rotatable bonds is 4. The minimum Gasteiger partial charge on any atom is -0.462 e. The molecule has 0 saturated carbocycles. The molecule has 0 aromatic carbocycles. The van der Waals surface area contributed by atoms with Crippen molar-refractivity contribution in [2.45, 2.75) is 19.4 Å². The molecule has 0 radical (unpaired) electrons. The zero-order valence-electron chi connectivity index (χ0n) is 10.6. The van der Waals surface area contributed by atoms with Gasteiger partial charge in [-0.2, -0.15) is 0 Å². The predicted molar refractivity (Wildman–Crippen MR) is 70.9 cm³/mol. The number of hydrogen-bond acceptors (Lipinski definition) is 6. The monoisotopic (exact) mass is 284 g/mol. The lowest BCUT2D eigenvalue weighted by Crippen LogP contribution is -2.21. The summed E-state index contributed by atoms with van der Waals surface area (Å²) in [6, 6.07) is 3.15. The number of anilines is 1. The van der Waals surface area contributed by atoms with E-state index in [2.05, 4.69) is 10.3 Å². The summed E-state index contributed by atoms with van der Waals surface area (Å²) in [5.41, 5.74) is 0.381. The molecule has 7 heteroatoms. The summed E-state index contributed by atoms with van der Waals surface area (Å²) in [5.74, 6) is 0.500. The van der Waals surface area contributed by atoms with Gasteiger partial charge < -0.3 is 10.1 Å². The molecule has 2 heterocycles. The average Bonchev–Trinajstić information content (AvgIpc) is 2.70. The van der Waals surface area contributed by atoms with E-state index in [4.69, 9.17) is 4.74 Å². The lowest BCUT2D eigenvalue weighted by molar-refractivity contribution is 0.0526. The summed E-state index contributed by atoms with van der Waals surface area (Å²) < 4.78 is 27.5. The fourth-order valence-electron chi connectivity index (χ4n) is 1.93. The molecule has 1 N–H and O–H groups in total. The average molecular weight is 284 g/mol. The van der Waals surface area contributed by atoms with Crippen LogP contribution in [0, 0.1) is 0 Å².